The van der Waals surface area contributed by atoms with E-state index in [2.05, 4.69) is 32.1 Å². The molecule has 0 amide bonds. The van der Waals surface area contributed by atoms with Gasteiger partial charge < -0.3 is 5.32 Å². The Hall–Kier alpha value is -1.26. The van der Waals surface area contributed by atoms with E-state index in [0.29, 0.717) is 0 Å². The summed E-state index contributed by atoms with van der Waals surface area (Å²) in [6.45, 7) is 1.95. The molecular formula is C13H17N3S. The van der Waals surface area contributed by atoms with E-state index in [1.54, 1.807) is 11.3 Å². The first-order valence-corrected chi connectivity index (χ1v) is 6.71. The maximum Gasteiger partial charge on any atom is 0.0756 e. The van der Waals surface area contributed by atoms with Crippen LogP contribution < -0.4 is 5.32 Å². The molecule has 0 radical (unpaired) electrons. The predicted octanol–water partition coefficient (Wildman–Crippen LogP) is 2.74. The second-order valence-corrected chi connectivity index (χ2v) is 4.87. The molecule has 0 spiro atoms. The fourth-order valence-electron chi connectivity index (χ4n) is 1.77. The van der Waals surface area contributed by atoms with Gasteiger partial charge in [0.1, 0.15) is 0 Å². The second kappa shape index (κ2) is 5.89. The van der Waals surface area contributed by atoms with E-state index >= 15 is 0 Å². The zero-order valence-electron chi connectivity index (χ0n) is 10.2. The van der Waals surface area contributed by atoms with Gasteiger partial charge in [0.2, 0.25) is 0 Å². The van der Waals surface area contributed by atoms with Crippen molar-refractivity contribution in [2.45, 2.75) is 25.8 Å². The van der Waals surface area contributed by atoms with E-state index in [0.717, 1.165) is 24.2 Å². The van der Waals surface area contributed by atoms with Gasteiger partial charge >= 0.3 is 0 Å². The molecule has 90 valence electrons. The van der Waals surface area contributed by atoms with Crippen LogP contribution in [0.15, 0.2) is 29.2 Å². The van der Waals surface area contributed by atoms with E-state index in [1.807, 2.05) is 26.4 Å². The molecule has 0 aliphatic rings. The monoisotopic (exact) mass is 247 g/mol. The van der Waals surface area contributed by atoms with Crippen LogP contribution in [-0.4, -0.2) is 17.0 Å². The lowest BCUT2D eigenvalue weighted by Crippen LogP contribution is -2.18. The largest absolute Gasteiger partial charge is 0.312 e. The van der Waals surface area contributed by atoms with Crippen LogP contribution in [0, 0.1) is 6.92 Å². The van der Waals surface area contributed by atoms with Crippen molar-refractivity contribution in [1.29, 1.82) is 0 Å². The Morgan fingerprint density at radius 2 is 2.24 bits per heavy atom. The van der Waals surface area contributed by atoms with Crippen molar-refractivity contribution in [3.63, 3.8) is 0 Å². The molecule has 0 bridgehead atoms. The highest BCUT2D eigenvalue weighted by Crippen LogP contribution is 2.17. The van der Waals surface area contributed by atoms with Crippen LogP contribution in [0.4, 0.5) is 0 Å². The third-order valence-corrected chi connectivity index (χ3v) is 3.54. The van der Waals surface area contributed by atoms with E-state index in [-0.39, 0.29) is 6.04 Å². The normalized spacial score (nSPS) is 12.6. The molecule has 2 heterocycles. The van der Waals surface area contributed by atoms with Gasteiger partial charge in [0, 0.05) is 6.20 Å². The van der Waals surface area contributed by atoms with Gasteiger partial charge in [0.05, 0.1) is 23.6 Å². The van der Waals surface area contributed by atoms with E-state index in [1.165, 1.54) is 5.56 Å². The molecule has 1 unspecified atom stereocenters. The molecule has 0 aliphatic carbocycles. The van der Waals surface area contributed by atoms with E-state index in [9.17, 15) is 0 Å². The molecule has 2 aromatic heterocycles. The molecule has 3 nitrogen and oxygen atoms in total. The Morgan fingerprint density at radius 1 is 1.35 bits per heavy atom. The molecule has 4 heteroatoms. The lowest BCUT2D eigenvalue weighted by Gasteiger charge is -2.14. The topological polar surface area (TPSA) is 37.8 Å². The lowest BCUT2D eigenvalue weighted by molar-refractivity contribution is 0.533. The van der Waals surface area contributed by atoms with Crippen LogP contribution in [0.5, 0.6) is 0 Å². The van der Waals surface area contributed by atoms with Crippen molar-refractivity contribution in [2.75, 3.05) is 7.05 Å². The fraction of sp³-hybridized carbons (Fsp3) is 0.385. The summed E-state index contributed by atoms with van der Waals surface area (Å²) < 4.78 is 0. The molecule has 1 N–H and O–H groups in total. The van der Waals surface area contributed by atoms with Gasteiger partial charge in [-0.25, -0.2) is 0 Å². The minimum atomic E-state index is 0.281. The number of aromatic nitrogens is 2. The Labute approximate surface area is 106 Å². The van der Waals surface area contributed by atoms with Crippen molar-refractivity contribution >= 4 is 11.3 Å². The molecule has 0 aromatic carbocycles. The van der Waals surface area contributed by atoms with Crippen molar-refractivity contribution in [3.8, 4) is 0 Å². The number of thiophene rings is 1. The summed E-state index contributed by atoms with van der Waals surface area (Å²) in [6.07, 6.45) is 5.81. The Morgan fingerprint density at radius 3 is 2.82 bits per heavy atom. The molecule has 17 heavy (non-hydrogen) atoms. The number of hydrogen-bond acceptors (Lipinski definition) is 4. The van der Waals surface area contributed by atoms with Crippen LogP contribution in [0.3, 0.4) is 0 Å². The highest BCUT2D eigenvalue weighted by molar-refractivity contribution is 7.07. The summed E-state index contributed by atoms with van der Waals surface area (Å²) in [5.41, 5.74) is 3.38. The van der Waals surface area contributed by atoms with Crippen molar-refractivity contribution in [1.82, 2.24) is 15.3 Å². The van der Waals surface area contributed by atoms with Gasteiger partial charge in [-0.15, -0.1) is 0 Å². The number of hydrogen-bond donors (Lipinski definition) is 1. The summed E-state index contributed by atoms with van der Waals surface area (Å²) in [5.74, 6) is 0. The summed E-state index contributed by atoms with van der Waals surface area (Å²) in [7, 11) is 1.97. The average molecular weight is 247 g/mol. The summed E-state index contributed by atoms with van der Waals surface area (Å²) in [5, 5.41) is 7.62. The van der Waals surface area contributed by atoms with Gasteiger partial charge in [-0.1, -0.05) is 0 Å². The highest BCUT2D eigenvalue weighted by atomic mass is 32.1. The maximum absolute atomic E-state index is 4.43. The molecular weight excluding hydrogens is 230 g/mol. The van der Waals surface area contributed by atoms with Crippen molar-refractivity contribution in [2.24, 2.45) is 0 Å². The Kier molecular flexibility index (Phi) is 4.23. The number of aryl methyl sites for hydroxylation is 2. The number of nitrogens with zero attached hydrogens (tertiary/aromatic N) is 2. The zero-order chi connectivity index (χ0) is 12.1. The number of rotatable bonds is 5. The highest BCUT2D eigenvalue weighted by Gasteiger charge is 2.11. The van der Waals surface area contributed by atoms with Crippen molar-refractivity contribution in [3.05, 3.63) is 46.2 Å². The average Bonchev–Trinajstić information content (AvgIpc) is 2.85. The number of nitrogens with one attached hydrogen (secondary N) is 1. The first-order valence-electron chi connectivity index (χ1n) is 5.76. The minimum Gasteiger partial charge on any atom is -0.312 e. The molecule has 0 fully saturated rings. The van der Waals surface area contributed by atoms with Gasteiger partial charge in [-0.3, -0.25) is 9.97 Å². The molecule has 0 saturated heterocycles. The molecule has 2 aromatic rings. The summed E-state index contributed by atoms with van der Waals surface area (Å²) >= 11 is 1.75. The summed E-state index contributed by atoms with van der Waals surface area (Å²) in [4.78, 5) is 8.72. The predicted molar refractivity (Wildman–Crippen MR) is 71.2 cm³/mol. The van der Waals surface area contributed by atoms with Crippen LogP contribution in [0.2, 0.25) is 0 Å². The van der Waals surface area contributed by atoms with Crippen LogP contribution in [0.1, 0.15) is 29.4 Å². The van der Waals surface area contributed by atoms with Gasteiger partial charge in [-0.05, 0) is 49.2 Å². The second-order valence-electron chi connectivity index (χ2n) is 4.09. The molecule has 0 aliphatic heterocycles. The molecule has 0 saturated carbocycles. The maximum atomic E-state index is 4.43. The van der Waals surface area contributed by atoms with Gasteiger partial charge in [-0.2, -0.15) is 11.3 Å². The van der Waals surface area contributed by atoms with E-state index in [4.69, 9.17) is 0 Å². The van der Waals surface area contributed by atoms with Gasteiger partial charge in [0.15, 0.2) is 0 Å². The van der Waals surface area contributed by atoms with Gasteiger partial charge in [0.25, 0.3) is 0 Å². The first-order chi connectivity index (χ1) is 8.29. The fourth-order valence-corrected chi connectivity index (χ4v) is 2.47. The first kappa shape index (κ1) is 12.2. The van der Waals surface area contributed by atoms with Crippen LogP contribution in [-0.2, 0) is 6.42 Å². The summed E-state index contributed by atoms with van der Waals surface area (Å²) in [6, 6.07) is 2.46. The minimum absolute atomic E-state index is 0.281. The van der Waals surface area contributed by atoms with E-state index < -0.39 is 0 Å². The Bertz CT molecular complexity index is 436. The zero-order valence-corrected chi connectivity index (χ0v) is 11.0. The standard InChI is InChI=1S/C13H17N3S/c1-10-7-16-13(8-15-10)12(14-2)4-3-11-5-6-17-9-11/h5-9,12,14H,3-4H2,1-2H3. The van der Waals surface area contributed by atoms with Crippen molar-refractivity contribution < 1.29 is 0 Å². The Balaban J connectivity index is 1.99. The van der Waals surface area contributed by atoms with Crippen LogP contribution in [0.25, 0.3) is 0 Å². The van der Waals surface area contributed by atoms with Crippen LogP contribution >= 0.6 is 11.3 Å². The lowest BCUT2D eigenvalue weighted by atomic mass is 10.1. The molecule has 1 atom stereocenters. The third kappa shape index (κ3) is 3.35. The smallest absolute Gasteiger partial charge is 0.0756 e. The third-order valence-electron chi connectivity index (χ3n) is 2.81. The quantitative estimate of drug-likeness (QED) is 0.883. The SMILES string of the molecule is CNC(CCc1ccsc1)c1cnc(C)cn1. The molecule has 2 rings (SSSR count).